The van der Waals surface area contributed by atoms with Crippen LogP contribution in [-0.4, -0.2) is 57.9 Å². The van der Waals surface area contributed by atoms with Crippen molar-refractivity contribution >= 4 is 6.09 Å². The van der Waals surface area contributed by atoms with E-state index in [0.29, 0.717) is 6.42 Å². The number of likely N-dealkylation sites (tertiary alicyclic amines) is 1. The molecule has 22 heavy (non-hydrogen) atoms. The average molecular weight is 310 g/mol. The van der Waals surface area contributed by atoms with Crippen molar-refractivity contribution in [2.24, 2.45) is 5.92 Å². The number of aliphatic hydroxyl groups is 1. The van der Waals surface area contributed by atoms with E-state index in [2.05, 4.69) is 0 Å². The maximum absolute atomic E-state index is 11.5. The topological polar surface area (TPSA) is 103 Å². The highest BCUT2D eigenvalue weighted by Gasteiger charge is 2.50. The molecule has 7 nitrogen and oxygen atoms in total. The summed E-state index contributed by atoms with van der Waals surface area (Å²) in [7, 11) is 0. The minimum atomic E-state index is -1.21. The number of amides is 1. The van der Waals surface area contributed by atoms with Gasteiger partial charge in [0.2, 0.25) is 0 Å². The third kappa shape index (κ3) is 3.09. The molecule has 2 saturated heterocycles. The number of rotatable bonds is 3. The first-order chi connectivity index (χ1) is 10.3. The van der Waals surface area contributed by atoms with Gasteiger partial charge in [-0.3, -0.25) is 4.90 Å². The molecule has 0 spiro atoms. The van der Waals surface area contributed by atoms with E-state index < -0.39 is 36.2 Å². The first kappa shape index (κ1) is 16.7. The van der Waals surface area contributed by atoms with Crippen molar-refractivity contribution in [3.05, 3.63) is 12.2 Å². The Morgan fingerprint density at radius 1 is 1.55 bits per heavy atom. The number of nitrogens with zero attached hydrogens (tertiary/aromatic N) is 2. The Hall–Kier alpha value is -1.62. The average Bonchev–Trinajstić information content (AvgIpc) is 2.98. The molecule has 0 saturated carbocycles. The summed E-state index contributed by atoms with van der Waals surface area (Å²) in [5.74, 6) is -1.03. The van der Waals surface area contributed by atoms with Gasteiger partial charge in [0.15, 0.2) is 5.79 Å². The Morgan fingerprint density at radius 3 is 2.68 bits per heavy atom. The van der Waals surface area contributed by atoms with Crippen LogP contribution in [0.2, 0.25) is 0 Å². The molecule has 2 N–H and O–H groups in total. The molecule has 2 aliphatic heterocycles. The molecule has 0 bridgehead atoms. The van der Waals surface area contributed by atoms with Crippen LogP contribution in [0, 0.1) is 17.2 Å². The summed E-state index contributed by atoms with van der Waals surface area (Å²) in [5, 5.41) is 29.3. The molecular formula is C15H22N2O5. The quantitative estimate of drug-likeness (QED) is 0.762. The van der Waals surface area contributed by atoms with Crippen molar-refractivity contribution in [2.45, 2.75) is 57.3 Å². The van der Waals surface area contributed by atoms with E-state index in [4.69, 9.17) is 9.47 Å². The second kappa shape index (κ2) is 6.24. The monoisotopic (exact) mass is 310 g/mol. The van der Waals surface area contributed by atoms with Crippen molar-refractivity contribution in [2.75, 3.05) is 6.61 Å². The van der Waals surface area contributed by atoms with Crippen molar-refractivity contribution in [3.63, 3.8) is 0 Å². The van der Waals surface area contributed by atoms with Gasteiger partial charge in [0, 0.05) is 5.92 Å². The summed E-state index contributed by atoms with van der Waals surface area (Å²) >= 11 is 0. The van der Waals surface area contributed by atoms with Crippen LogP contribution in [0.5, 0.6) is 0 Å². The standard InChI is InChI=1S/C15H22N2O5/c1-4-5-9-6-10(7-16)17(14(19)20)12(9)13(18)11-8-21-15(2,3)22-11/h4-5,9-13,18H,6,8H2,1-3H3,(H,19,20)/b5-4-/t9-,10-,11+,12-,13?/m1/s1. The van der Waals surface area contributed by atoms with Gasteiger partial charge < -0.3 is 19.7 Å². The molecule has 0 radical (unpaired) electrons. The lowest BCUT2D eigenvalue weighted by atomic mass is 9.92. The summed E-state index contributed by atoms with van der Waals surface area (Å²) in [6.07, 6.45) is 1.12. The van der Waals surface area contributed by atoms with Gasteiger partial charge in [0.25, 0.3) is 0 Å². The van der Waals surface area contributed by atoms with Gasteiger partial charge in [0.1, 0.15) is 18.2 Å². The van der Waals surface area contributed by atoms with Gasteiger partial charge in [-0.15, -0.1) is 0 Å². The van der Waals surface area contributed by atoms with Gasteiger partial charge in [-0.2, -0.15) is 5.26 Å². The maximum atomic E-state index is 11.5. The lowest BCUT2D eigenvalue weighted by molar-refractivity contribution is -0.156. The first-order valence-electron chi connectivity index (χ1n) is 7.34. The number of aliphatic hydroxyl groups excluding tert-OH is 1. The van der Waals surface area contributed by atoms with Crippen molar-refractivity contribution in [1.29, 1.82) is 5.26 Å². The lowest BCUT2D eigenvalue weighted by Crippen LogP contribution is -2.52. The largest absolute Gasteiger partial charge is 0.465 e. The highest BCUT2D eigenvalue weighted by Crippen LogP contribution is 2.36. The Kier molecular flexibility index (Phi) is 4.75. The van der Waals surface area contributed by atoms with Crippen LogP contribution in [0.4, 0.5) is 4.79 Å². The zero-order valence-electron chi connectivity index (χ0n) is 13.0. The van der Waals surface area contributed by atoms with Gasteiger partial charge >= 0.3 is 6.09 Å². The first-order valence-corrected chi connectivity index (χ1v) is 7.34. The van der Waals surface area contributed by atoms with Crippen molar-refractivity contribution in [1.82, 2.24) is 4.90 Å². The maximum Gasteiger partial charge on any atom is 0.408 e. The third-order valence-electron chi connectivity index (χ3n) is 4.16. The zero-order valence-corrected chi connectivity index (χ0v) is 13.0. The Balaban J connectivity index is 2.26. The molecule has 2 fully saturated rings. The second-order valence-electron chi connectivity index (χ2n) is 6.11. The van der Waals surface area contributed by atoms with Crippen LogP contribution < -0.4 is 0 Å². The molecule has 0 aromatic rings. The SMILES string of the molecule is C/C=C\[C@@H]1C[C@H](C#N)N(C(=O)O)[C@H]1C(O)[C@@H]1COC(C)(C)O1. The number of ether oxygens (including phenoxy) is 2. The molecule has 2 rings (SSSR count). The summed E-state index contributed by atoms with van der Waals surface area (Å²) in [6, 6.07) is 0.512. The molecule has 7 heteroatoms. The molecule has 0 aromatic heterocycles. The van der Waals surface area contributed by atoms with Crippen LogP contribution >= 0.6 is 0 Å². The zero-order chi connectivity index (χ0) is 16.5. The fourth-order valence-electron chi connectivity index (χ4n) is 3.26. The van der Waals surface area contributed by atoms with Crippen LogP contribution in [0.3, 0.4) is 0 Å². The van der Waals surface area contributed by atoms with E-state index in [9.17, 15) is 20.3 Å². The molecule has 1 unspecified atom stereocenters. The summed E-state index contributed by atoms with van der Waals surface area (Å²) in [4.78, 5) is 12.6. The number of allylic oxidation sites excluding steroid dienone is 1. The van der Waals surface area contributed by atoms with E-state index in [1.165, 1.54) is 0 Å². The molecule has 5 atom stereocenters. The van der Waals surface area contributed by atoms with Crippen LogP contribution in [0.15, 0.2) is 12.2 Å². The van der Waals surface area contributed by atoms with Crippen molar-refractivity contribution < 1.29 is 24.5 Å². The molecule has 0 aromatic carbocycles. The third-order valence-corrected chi connectivity index (χ3v) is 4.16. The number of hydrogen-bond donors (Lipinski definition) is 2. The number of nitriles is 1. The molecule has 2 heterocycles. The summed E-state index contributed by atoms with van der Waals surface area (Å²) in [6.45, 7) is 5.50. The fraction of sp³-hybridized carbons (Fsp3) is 0.733. The van der Waals surface area contributed by atoms with E-state index >= 15 is 0 Å². The Bertz CT molecular complexity index is 499. The highest BCUT2D eigenvalue weighted by molar-refractivity contribution is 5.67. The summed E-state index contributed by atoms with van der Waals surface area (Å²) < 4.78 is 11.1. The number of hydrogen-bond acceptors (Lipinski definition) is 5. The van der Waals surface area contributed by atoms with E-state index in [1.54, 1.807) is 19.9 Å². The minimum absolute atomic E-state index is 0.192. The van der Waals surface area contributed by atoms with E-state index in [1.807, 2.05) is 19.1 Å². The Labute approximate surface area is 129 Å². The molecular weight excluding hydrogens is 288 g/mol. The van der Waals surface area contributed by atoms with Crippen molar-refractivity contribution in [3.8, 4) is 6.07 Å². The predicted octanol–water partition coefficient (Wildman–Crippen LogP) is 1.34. The van der Waals surface area contributed by atoms with E-state index in [-0.39, 0.29) is 12.5 Å². The van der Waals surface area contributed by atoms with Crippen LogP contribution in [0.1, 0.15) is 27.2 Å². The van der Waals surface area contributed by atoms with Crippen LogP contribution in [-0.2, 0) is 9.47 Å². The minimum Gasteiger partial charge on any atom is -0.465 e. The van der Waals surface area contributed by atoms with Gasteiger partial charge in [-0.05, 0) is 27.2 Å². The lowest BCUT2D eigenvalue weighted by Gasteiger charge is -2.33. The molecule has 2 aliphatic rings. The van der Waals surface area contributed by atoms with Gasteiger partial charge in [-0.1, -0.05) is 12.2 Å². The van der Waals surface area contributed by atoms with E-state index in [0.717, 1.165) is 4.90 Å². The molecule has 1 amide bonds. The fourth-order valence-corrected chi connectivity index (χ4v) is 3.26. The predicted molar refractivity (Wildman–Crippen MR) is 76.9 cm³/mol. The van der Waals surface area contributed by atoms with Gasteiger partial charge in [0.05, 0.1) is 18.7 Å². The number of carbonyl (C=O) groups is 1. The summed E-state index contributed by atoms with van der Waals surface area (Å²) in [5.41, 5.74) is 0. The smallest absolute Gasteiger partial charge is 0.408 e. The van der Waals surface area contributed by atoms with Crippen LogP contribution in [0.25, 0.3) is 0 Å². The second-order valence-corrected chi connectivity index (χ2v) is 6.11. The molecule has 0 aliphatic carbocycles. The van der Waals surface area contributed by atoms with Gasteiger partial charge in [-0.25, -0.2) is 4.79 Å². The Morgan fingerprint density at radius 2 is 2.23 bits per heavy atom. The normalized spacial score (nSPS) is 35.7. The number of carboxylic acid groups (broad SMARTS) is 1. The highest BCUT2D eigenvalue weighted by atomic mass is 16.7. The molecule has 122 valence electrons.